The Bertz CT molecular complexity index is 1570. The van der Waals surface area contributed by atoms with E-state index < -0.39 is 32.0 Å². The van der Waals surface area contributed by atoms with Crippen molar-refractivity contribution < 1.29 is 26.3 Å². The summed E-state index contributed by atoms with van der Waals surface area (Å²) in [7, 11) is -6.76. The SMILES string of the molecule is Cc1ccc(S(=O)(=O)[OH+]S(c2ccc(OCC(=O)OC(C)(C)C)cc2)(c2cccc(C)c2)c2cccc(C)c2)cc1. The van der Waals surface area contributed by atoms with E-state index in [1.807, 2.05) is 81.4 Å². The lowest BCUT2D eigenvalue weighted by molar-refractivity contribution is -0.157. The zero-order chi connectivity index (χ0) is 29.8. The Hall–Kier alpha value is -3.59. The van der Waals surface area contributed by atoms with Crippen molar-refractivity contribution in [1.82, 2.24) is 0 Å². The molecule has 0 heterocycles. The number of rotatable bonds is 9. The monoisotopic (exact) mass is 593 g/mol. The van der Waals surface area contributed by atoms with E-state index in [0.717, 1.165) is 26.5 Å². The third kappa shape index (κ3) is 7.38. The van der Waals surface area contributed by atoms with Crippen LogP contribution in [0.5, 0.6) is 5.75 Å². The fraction of sp³-hybridized carbons (Fsp3) is 0.242. The van der Waals surface area contributed by atoms with E-state index in [-0.39, 0.29) is 11.5 Å². The van der Waals surface area contributed by atoms with Gasteiger partial charge in [-0.3, -0.25) is 3.63 Å². The normalized spacial score (nSPS) is 12.5. The first kappa shape index (κ1) is 30.4. The minimum absolute atomic E-state index is 0.137. The number of aryl methyl sites for hydroxylation is 3. The van der Waals surface area contributed by atoms with Crippen molar-refractivity contribution in [2.24, 2.45) is 0 Å². The van der Waals surface area contributed by atoms with Crippen LogP contribution in [0.1, 0.15) is 37.5 Å². The van der Waals surface area contributed by atoms with Crippen LogP contribution >= 0.6 is 10.3 Å². The fourth-order valence-electron chi connectivity index (χ4n) is 4.28. The smallest absolute Gasteiger partial charge is 0.422 e. The Morgan fingerprint density at radius 3 is 1.68 bits per heavy atom. The molecule has 216 valence electrons. The number of hydrogen-bond acceptors (Lipinski definition) is 5. The highest BCUT2D eigenvalue weighted by Crippen LogP contribution is 2.68. The lowest BCUT2D eigenvalue weighted by Gasteiger charge is -2.35. The molecule has 4 rings (SSSR count). The second-order valence-electron chi connectivity index (χ2n) is 10.9. The molecule has 0 aliphatic carbocycles. The molecule has 0 atom stereocenters. The molecule has 0 amide bonds. The Morgan fingerprint density at radius 2 is 1.20 bits per heavy atom. The molecular weight excluding hydrogens is 556 g/mol. The summed E-state index contributed by atoms with van der Waals surface area (Å²) in [5.41, 5.74) is 2.33. The zero-order valence-electron chi connectivity index (χ0n) is 24.2. The largest absolute Gasteiger partial charge is 0.482 e. The first-order valence-corrected chi connectivity index (χ1v) is 16.3. The van der Waals surface area contributed by atoms with Gasteiger partial charge in [0.05, 0.1) is 25.0 Å². The Morgan fingerprint density at radius 1 is 0.683 bits per heavy atom. The molecule has 0 bridgehead atoms. The molecule has 4 aromatic rings. The number of carbonyl (C=O) groups excluding carboxylic acids is 1. The fourth-order valence-corrected chi connectivity index (χ4v) is 9.93. The van der Waals surface area contributed by atoms with Crippen LogP contribution in [0.25, 0.3) is 0 Å². The van der Waals surface area contributed by atoms with Crippen LogP contribution in [0.2, 0.25) is 0 Å². The summed E-state index contributed by atoms with van der Waals surface area (Å²) in [5.74, 6) is -0.0111. The quantitative estimate of drug-likeness (QED) is 0.112. The molecule has 8 heteroatoms. The van der Waals surface area contributed by atoms with E-state index in [1.54, 1.807) is 57.2 Å². The number of hydrogen-bond donors (Lipinski definition) is 0. The minimum Gasteiger partial charge on any atom is -0.482 e. The Kier molecular flexibility index (Phi) is 8.97. The second kappa shape index (κ2) is 12.1. The summed E-state index contributed by atoms with van der Waals surface area (Å²) in [6, 6.07) is 29.6. The zero-order valence-corrected chi connectivity index (χ0v) is 25.9. The average molecular weight is 594 g/mol. The van der Waals surface area contributed by atoms with Gasteiger partial charge in [0.1, 0.15) is 16.2 Å². The first-order valence-electron chi connectivity index (χ1n) is 13.3. The highest BCUT2D eigenvalue weighted by Gasteiger charge is 2.43. The molecule has 0 aromatic heterocycles. The van der Waals surface area contributed by atoms with Gasteiger partial charge in [0, 0.05) is 0 Å². The van der Waals surface area contributed by atoms with Crippen LogP contribution in [0.3, 0.4) is 0 Å². The molecule has 0 unspecified atom stereocenters. The molecule has 0 spiro atoms. The third-order valence-electron chi connectivity index (χ3n) is 6.13. The van der Waals surface area contributed by atoms with Gasteiger partial charge in [-0.1, -0.05) is 42.0 Å². The van der Waals surface area contributed by atoms with Crippen LogP contribution in [0.4, 0.5) is 0 Å². The first-order chi connectivity index (χ1) is 19.3. The maximum atomic E-state index is 14.0. The van der Waals surface area contributed by atoms with Crippen LogP contribution in [-0.2, 0) is 19.6 Å². The topological polar surface area (TPSA) is 82.5 Å². The summed E-state index contributed by atoms with van der Waals surface area (Å²) in [6.45, 7) is 11.0. The van der Waals surface area contributed by atoms with Gasteiger partial charge < -0.3 is 9.47 Å². The van der Waals surface area contributed by atoms with E-state index in [2.05, 4.69) is 0 Å². The van der Waals surface area contributed by atoms with Crippen molar-refractivity contribution in [2.45, 2.75) is 66.7 Å². The number of esters is 1. The summed E-state index contributed by atoms with van der Waals surface area (Å²) < 4.78 is 43.8. The van der Waals surface area contributed by atoms with Crippen molar-refractivity contribution in [3.8, 4) is 5.75 Å². The lowest BCUT2D eigenvalue weighted by Crippen LogP contribution is -2.27. The molecule has 41 heavy (non-hydrogen) atoms. The number of benzene rings is 4. The van der Waals surface area contributed by atoms with Gasteiger partial charge in [0.2, 0.25) is 0 Å². The highest BCUT2D eigenvalue weighted by atomic mass is 32.3. The van der Waals surface area contributed by atoms with E-state index in [0.29, 0.717) is 10.6 Å². The standard InChI is InChI=1S/C33H36O6S2/c1-24-13-17-29(18-14-24)41(35,36)39-40(30-11-7-9-25(2)21-30,31-12-8-10-26(3)22-31)28-19-15-27(16-20-28)37-23-32(34)38-33(4,5)6/h7-22H,23H2,1-6H3/p+1. The summed E-state index contributed by atoms with van der Waals surface area (Å²) in [6.07, 6.45) is 0. The third-order valence-corrected chi connectivity index (χ3v) is 11.5. The number of ether oxygens (including phenoxy) is 2. The second-order valence-corrected chi connectivity index (χ2v) is 15.5. The molecule has 0 aliphatic heterocycles. The maximum Gasteiger partial charge on any atom is 0.422 e. The van der Waals surface area contributed by atoms with E-state index >= 15 is 0 Å². The lowest BCUT2D eigenvalue weighted by atomic mass is 10.2. The van der Waals surface area contributed by atoms with Crippen molar-refractivity contribution in [3.05, 3.63) is 114 Å². The molecule has 6 nitrogen and oxygen atoms in total. The van der Waals surface area contributed by atoms with Crippen LogP contribution < -0.4 is 4.74 Å². The molecule has 0 radical (unpaired) electrons. The molecule has 0 aliphatic rings. The molecule has 0 saturated carbocycles. The van der Waals surface area contributed by atoms with Crippen molar-refractivity contribution in [2.75, 3.05) is 6.61 Å². The summed E-state index contributed by atoms with van der Waals surface area (Å²) >= 11 is 0. The minimum atomic E-state index is -4.08. The van der Waals surface area contributed by atoms with Crippen LogP contribution in [0, 0.1) is 20.8 Å². The van der Waals surface area contributed by atoms with E-state index in [1.165, 1.54) is 0 Å². The van der Waals surface area contributed by atoms with E-state index in [9.17, 15) is 13.2 Å². The molecule has 4 aromatic carbocycles. The van der Waals surface area contributed by atoms with Gasteiger partial charge in [-0.25, -0.2) is 4.79 Å². The summed E-state index contributed by atoms with van der Waals surface area (Å²) in [5, 5.41) is 0. The predicted octanol–water partition coefficient (Wildman–Crippen LogP) is 8.01. The van der Waals surface area contributed by atoms with Crippen LogP contribution in [-0.4, -0.2) is 30.2 Å². The van der Waals surface area contributed by atoms with Gasteiger partial charge in [0.25, 0.3) is 0 Å². The van der Waals surface area contributed by atoms with Gasteiger partial charge in [-0.2, -0.15) is 0 Å². The molecular formula is C33H37O6S2+. The average Bonchev–Trinajstić information content (AvgIpc) is 2.90. The predicted molar refractivity (Wildman–Crippen MR) is 164 cm³/mol. The van der Waals surface area contributed by atoms with E-state index in [4.69, 9.17) is 13.1 Å². The maximum absolute atomic E-state index is 14.0. The number of carbonyl (C=O) groups is 1. The summed E-state index contributed by atoms with van der Waals surface area (Å²) in [4.78, 5) is 14.6. The van der Waals surface area contributed by atoms with Gasteiger partial charge in [-0.05, 0) is 113 Å². The molecule has 1 N–H and O–H groups in total. The Labute approximate surface area is 244 Å². The Balaban J connectivity index is 1.85. The van der Waals surface area contributed by atoms with Crippen molar-refractivity contribution in [1.29, 1.82) is 0 Å². The van der Waals surface area contributed by atoms with Crippen molar-refractivity contribution >= 4 is 26.4 Å². The van der Waals surface area contributed by atoms with Crippen LogP contribution in [0.15, 0.2) is 117 Å². The van der Waals surface area contributed by atoms with Gasteiger partial charge in [0.15, 0.2) is 6.61 Å². The molecule has 0 saturated heterocycles. The van der Waals surface area contributed by atoms with Gasteiger partial charge in [-0.15, -0.1) is 8.42 Å². The van der Waals surface area contributed by atoms with Gasteiger partial charge >= 0.3 is 16.1 Å². The van der Waals surface area contributed by atoms with Crippen molar-refractivity contribution in [3.63, 3.8) is 0 Å². The molecule has 0 fully saturated rings. The highest BCUT2D eigenvalue weighted by molar-refractivity contribution is 8.32.